The summed E-state index contributed by atoms with van der Waals surface area (Å²) in [6.07, 6.45) is 0.0940. The van der Waals surface area contributed by atoms with Crippen molar-refractivity contribution in [1.29, 1.82) is 0 Å². The number of nitrogens with zero attached hydrogens (tertiary/aromatic N) is 1. The molecule has 1 atom stereocenters. The van der Waals surface area contributed by atoms with Crippen molar-refractivity contribution in [2.45, 2.75) is 31.3 Å². The number of carboxylic acid groups (broad SMARTS) is 1. The quantitative estimate of drug-likeness (QED) is 0.318. The van der Waals surface area contributed by atoms with Crippen molar-refractivity contribution in [3.05, 3.63) is 95.6 Å². The zero-order chi connectivity index (χ0) is 29.5. The van der Waals surface area contributed by atoms with E-state index < -0.39 is 29.4 Å². The zero-order valence-electron chi connectivity index (χ0n) is 23.8. The lowest BCUT2D eigenvalue weighted by molar-refractivity contribution is -0.146. The van der Waals surface area contributed by atoms with Crippen molar-refractivity contribution < 1.29 is 29.0 Å². The van der Waals surface area contributed by atoms with Crippen LogP contribution in [0.15, 0.2) is 78.9 Å². The van der Waals surface area contributed by atoms with Gasteiger partial charge < -0.3 is 25.2 Å². The Kier molecular flexibility index (Phi) is 9.19. The van der Waals surface area contributed by atoms with Gasteiger partial charge in [0.25, 0.3) is 0 Å². The standard InChI is InChI=1S/C33H37N3O6/c1-36(19-23-9-3-2-4-10-23)20-29(30(37)38)35-31(39)33(15-17-41-18-16-33)22-34-32(40)42-21-28-26-13-7-5-11-24(26)25-12-6-8-14-27(25)28/h2-14,28-29H,15-22H2,1H3,(H,34,40)(H,35,39)(H,37,38). The number of likely N-dealkylation sites (N-methyl/N-ethyl adjacent to an activating group) is 1. The minimum Gasteiger partial charge on any atom is -0.480 e. The lowest BCUT2D eigenvalue weighted by Crippen LogP contribution is -2.56. The van der Waals surface area contributed by atoms with Crippen molar-refractivity contribution in [1.82, 2.24) is 15.5 Å². The molecule has 9 nitrogen and oxygen atoms in total. The van der Waals surface area contributed by atoms with Crippen LogP contribution in [0.4, 0.5) is 4.79 Å². The van der Waals surface area contributed by atoms with E-state index in [-0.39, 0.29) is 25.6 Å². The van der Waals surface area contributed by atoms with Crippen LogP contribution in [0.5, 0.6) is 0 Å². The van der Waals surface area contributed by atoms with Gasteiger partial charge in [0.1, 0.15) is 12.6 Å². The van der Waals surface area contributed by atoms with Crippen molar-refractivity contribution in [3.63, 3.8) is 0 Å². The first-order valence-electron chi connectivity index (χ1n) is 14.3. The van der Waals surface area contributed by atoms with E-state index in [4.69, 9.17) is 9.47 Å². The molecule has 220 valence electrons. The summed E-state index contributed by atoms with van der Waals surface area (Å²) < 4.78 is 11.2. The highest BCUT2D eigenvalue weighted by atomic mass is 16.5. The minimum absolute atomic E-state index is 0.0189. The maximum Gasteiger partial charge on any atom is 0.407 e. The molecule has 2 aliphatic rings. The Bertz CT molecular complexity index is 1360. The summed E-state index contributed by atoms with van der Waals surface area (Å²) in [5.41, 5.74) is 4.55. The topological polar surface area (TPSA) is 117 Å². The normalized spacial score (nSPS) is 16.2. The maximum atomic E-state index is 13.6. The Balaban J connectivity index is 1.19. The fourth-order valence-corrected chi connectivity index (χ4v) is 5.91. The molecule has 0 bridgehead atoms. The summed E-state index contributed by atoms with van der Waals surface area (Å²) in [4.78, 5) is 40.4. The number of rotatable bonds is 11. The summed E-state index contributed by atoms with van der Waals surface area (Å²) in [5.74, 6) is -1.60. The fourth-order valence-electron chi connectivity index (χ4n) is 5.91. The number of hydrogen-bond donors (Lipinski definition) is 3. The van der Waals surface area contributed by atoms with Crippen LogP contribution in [0.2, 0.25) is 0 Å². The molecule has 1 saturated heterocycles. The van der Waals surface area contributed by atoms with Crippen molar-refractivity contribution in [3.8, 4) is 11.1 Å². The molecule has 3 aromatic rings. The lowest BCUT2D eigenvalue weighted by Gasteiger charge is -2.36. The number of ether oxygens (including phenoxy) is 2. The van der Waals surface area contributed by atoms with Crippen LogP contribution in [0.3, 0.4) is 0 Å². The second-order valence-corrected chi connectivity index (χ2v) is 11.1. The van der Waals surface area contributed by atoms with Crippen LogP contribution in [0, 0.1) is 5.41 Å². The highest BCUT2D eigenvalue weighted by Crippen LogP contribution is 2.44. The average Bonchev–Trinajstić information content (AvgIpc) is 3.33. The molecule has 0 spiro atoms. The SMILES string of the molecule is CN(Cc1ccccc1)CC(NC(=O)C1(CNC(=O)OCC2c3ccccc3-c3ccccc32)CCOCC1)C(=O)O. The zero-order valence-corrected chi connectivity index (χ0v) is 23.8. The fraction of sp³-hybridized carbons (Fsp3) is 0.364. The second-order valence-electron chi connectivity index (χ2n) is 11.1. The van der Waals surface area contributed by atoms with E-state index in [0.717, 1.165) is 27.8 Å². The predicted octanol–water partition coefficient (Wildman–Crippen LogP) is 4.02. The third-order valence-corrected chi connectivity index (χ3v) is 8.24. The van der Waals surface area contributed by atoms with Gasteiger partial charge in [0.2, 0.25) is 5.91 Å². The number of hydrogen-bond acceptors (Lipinski definition) is 6. The molecule has 2 amide bonds. The van der Waals surface area contributed by atoms with E-state index in [9.17, 15) is 19.5 Å². The third-order valence-electron chi connectivity index (χ3n) is 8.24. The van der Waals surface area contributed by atoms with Gasteiger partial charge in [-0.2, -0.15) is 0 Å². The molecule has 1 fully saturated rings. The monoisotopic (exact) mass is 571 g/mol. The Morgan fingerprint density at radius 1 is 0.952 bits per heavy atom. The average molecular weight is 572 g/mol. The first kappa shape index (κ1) is 29.3. The summed E-state index contributed by atoms with van der Waals surface area (Å²) in [6, 6.07) is 24.8. The molecule has 1 heterocycles. The van der Waals surface area contributed by atoms with Crippen molar-refractivity contribution >= 4 is 18.0 Å². The van der Waals surface area contributed by atoms with E-state index in [1.807, 2.05) is 66.5 Å². The van der Waals surface area contributed by atoms with Gasteiger partial charge in [-0.1, -0.05) is 78.9 Å². The Hall–Kier alpha value is -4.21. The Morgan fingerprint density at radius 3 is 2.17 bits per heavy atom. The predicted molar refractivity (Wildman–Crippen MR) is 158 cm³/mol. The summed E-state index contributed by atoms with van der Waals surface area (Å²) in [7, 11) is 1.82. The Morgan fingerprint density at radius 2 is 1.55 bits per heavy atom. The molecule has 42 heavy (non-hydrogen) atoms. The maximum absolute atomic E-state index is 13.6. The largest absolute Gasteiger partial charge is 0.480 e. The number of aliphatic carboxylic acids is 1. The van der Waals surface area contributed by atoms with E-state index in [2.05, 4.69) is 34.9 Å². The van der Waals surface area contributed by atoms with Gasteiger partial charge in [0.15, 0.2) is 0 Å². The van der Waals surface area contributed by atoms with Crippen LogP contribution in [0.25, 0.3) is 11.1 Å². The van der Waals surface area contributed by atoms with Gasteiger partial charge in [-0.15, -0.1) is 0 Å². The number of benzene rings is 3. The lowest BCUT2D eigenvalue weighted by atomic mass is 9.79. The molecule has 1 aliphatic carbocycles. The molecule has 5 rings (SSSR count). The van der Waals surface area contributed by atoms with E-state index in [1.165, 1.54) is 0 Å². The molecule has 1 unspecified atom stereocenters. The number of alkyl carbamates (subject to hydrolysis) is 1. The number of nitrogens with one attached hydrogen (secondary N) is 2. The summed E-state index contributed by atoms with van der Waals surface area (Å²) in [6.45, 7) is 1.53. The summed E-state index contributed by atoms with van der Waals surface area (Å²) in [5, 5.41) is 15.4. The molecule has 3 N–H and O–H groups in total. The molecule has 9 heteroatoms. The van der Waals surface area contributed by atoms with E-state index in [0.29, 0.717) is 32.6 Å². The van der Waals surface area contributed by atoms with Crippen LogP contribution in [-0.4, -0.2) is 74.0 Å². The first-order chi connectivity index (χ1) is 20.4. The molecule has 1 aliphatic heterocycles. The number of carbonyl (C=O) groups is 3. The molecular weight excluding hydrogens is 534 g/mol. The molecule has 3 aromatic carbocycles. The molecule has 0 saturated carbocycles. The first-order valence-corrected chi connectivity index (χ1v) is 14.3. The van der Waals surface area contributed by atoms with Gasteiger partial charge >= 0.3 is 12.1 Å². The van der Waals surface area contributed by atoms with Gasteiger partial charge in [-0.05, 0) is 47.7 Å². The second kappa shape index (κ2) is 13.2. The smallest absolute Gasteiger partial charge is 0.407 e. The van der Waals surface area contributed by atoms with E-state index >= 15 is 0 Å². The Labute approximate surface area is 245 Å². The number of fused-ring (bicyclic) bond motifs is 3. The third kappa shape index (κ3) is 6.64. The van der Waals surface area contributed by atoms with Crippen LogP contribution < -0.4 is 10.6 Å². The van der Waals surface area contributed by atoms with Crippen LogP contribution >= 0.6 is 0 Å². The van der Waals surface area contributed by atoms with Gasteiger partial charge in [0, 0.05) is 38.8 Å². The molecular formula is C33H37N3O6. The van der Waals surface area contributed by atoms with Crippen molar-refractivity contribution in [2.24, 2.45) is 5.41 Å². The van der Waals surface area contributed by atoms with Crippen LogP contribution in [-0.2, 0) is 25.6 Å². The van der Waals surface area contributed by atoms with Gasteiger partial charge in [-0.25, -0.2) is 9.59 Å². The van der Waals surface area contributed by atoms with E-state index in [1.54, 1.807) is 0 Å². The van der Waals surface area contributed by atoms with Crippen molar-refractivity contribution in [2.75, 3.05) is 40.0 Å². The summed E-state index contributed by atoms with van der Waals surface area (Å²) >= 11 is 0. The molecule has 0 aromatic heterocycles. The van der Waals surface area contributed by atoms with Crippen LogP contribution in [0.1, 0.15) is 35.4 Å². The minimum atomic E-state index is -1.12. The highest BCUT2D eigenvalue weighted by Gasteiger charge is 2.42. The number of amides is 2. The highest BCUT2D eigenvalue weighted by molar-refractivity contribution is 5.88. The number of carbonyl (C=O) groups excluding carboxylic acids is 2. The van der Waals surface area contributed by atoms with Gasteiger partial charge in [0.05, 0.1) is 5.41 Å². The number of carboxylic acids is 1. The van der Waals surface area contributed by atoms with Gasteiger partial charge in [-0.3, -0.25) is 9.69 Å². The molecule has 0 radical (unpaired) electrons.